The maximum atomic E-state index is 14.8. The zero-order valence-electron chi connectivity index (χ0n) is 19.9. The van der Waals surface area contributed by atoms with Crippen molar-refractivity contribution in [2.24, 2.45) is 0 Å². The summed E-state index contributed by atoms with van der Waals surface area (Å²) in [6.45, 7) is 5.73. The van der Waals surface area contributed by atoms with Gasteiger partial charge in [-0.2, -0.15) is 5.10 Å². The highest BCUT2D eigenvalue weighted by Crippen LogP contribution is 2.36. The van der Waals surface area contributed by atoms with Gasteiger partial charge in [-0.05, 0) is 36.4 Å². The van der Waals surface area contributed by atoms with Crippen molar-refractivity contribution in [2.75, 3.05) is 16.4 Å². The van der Waals surface area contributed by atoms with Gasteiger partial charge >= 0.3 is 6.03 Å². The number of nitrogen functional groups attached to an aromatic ring is 1. The SMILES string of the molecule is CC(C)(C)c1nn(-c2ccc(F)cc2)c(NC(=O)Nc2ccc(Oc3cc(N)ncc3Cl)cc2F)c1Cl. The summed E-state index contributed by atoms with van der Waals surface area (Å²) >= 11 is 12.6. The lowest BCUT2D eigenvalue weighted by Crippen LogP contribution is -2.22. The molecule has 0 unspecified atom stereocenters. The van der Waals surface area contributed by atoms with Crippen LogP contribution in [0.5, 0.6) is 11.5 Å². The highest BCUT2D eigenvalue weighted by Gasteiger charge is 2.27. The van der Waals surface area contributed by atoms with E-state index in [0.717, 1.165) is 6.07 Å². The third kappa shape index (κ3) is 5.92. The van der Waals surface area contributed by atoms with Crippen molar-refractivity contribution in [3.05, 3.63) is 82.1 Å². The summed E-state index contributed by atoms with van der Waals surface area (Å²) in [5.74, 6) is -0.542. The van der Waals surface area contributed by atoms with E-state index in [9.17, 15) is 13.6 Å². The lowest BCUT2D eigenvalue weighted by Gasteiger charge is -2.15. The first-order valence-corrected chi connectivity index (χ1v) is 11.7. The summed E-state index contributed by atoms with van der Waals surface area (Å²) in [4.78, 5) is 16.7. The Morgan fingerprint density at radius 1 is 1.05 bits per heavy atom. The summed E-state index contributed by atoms with van der Waals surface area (Å²) in [6.07, 6.45) is 1.32. The molecule has 37 heavy (non-hydrogen) atoms. The zero-order chi connectivity index (χ0) is 26.9. The van der Waals surface area contributed by atoms with Gasteiger partial charge in [0.1, 0.15) is 33.2 Å². The van der Waals surface area contributed by atoms with E-state index in [2.05, 4.69) is 20.7 Å². The third-order valence-electron chi connectivity index (χ3n) is 5.10. The van der Waals surface area contributed by atoms with Crippen LogP contribution < -0.4 is 21.1 Å². The van der Waals surface area contributed by atoms with E-state index in [0.29, 0.717) is 11.4 Å². The minimum absolute atomic E-state index is 0.120. The van der Waals surface area contributed by atoms with Crippen LogP contribution in [-0.2, 0) is 5.41 Å². The Morgan fingerprint density at radius 3 is 2.41 bits per heavy atom. The number of urea groups is 1. The second kappa shape index (κ2) is 10.2. The van der Waals surface area contributed by atoms with Gasteiger partial charge in [-0.3, -0.25) is 5.32 Å². The molecule has 0 radical (unpaired) electrons. The molecular weight excluding hydrogens is 525 g/mol. The van der Waals surface area contributed by atoms with Crippen LogP contribution in [0.15, 0.2) is 54.7 Å². The van der Waals surface area contributed by atoms with Crippen molar-refractivity contribution in [1.82, 2.24) is 14.8 Å². The molecule has 2 heterocycles. The summed E-state index contributed by atoms with van der Waals surface area (Å²) in [5, 5.41) is 9.98. The van der Waals surface area contributed by atoms with Crippen LogP contribution in [0.25, 0.3) is 5.69 Å². The lowest BCUT2D eigenvalue weighted by atomic mass is 9.92. The molecule has 0 aliphatic heterocycles. The molecule has 12 heteroatoms. The van der Waals surface area contributed by atoms with Gasteiger partial charge in [0.25, 0.3) is 0 Å². The Labute approximate surface area is 221 Å². The van der Waals surface area contributed by atoms with Crippen LogP contribution in [0.2, 0.25) is 10.0 Å². The minimum atomic E-state index is -0.775. The smallest absolute Gasteiger partial charge is 0.324 e. The number of pyridine rings is 1. The number of halogens is 4. The fourth-order valence-electron chi connectivity index (χ4n) is 3.32. The first-order chi connectivity index (χ1) is 17.4. The van der Waals surface area contributed by atoms with Gasteiger partial charge in [-0.1, -0.05) is 44.0 Å². The van der Waals surface area contributed by atoms with Gasteiger partial charge in [0.05, 0.1) is 23.3 Å². The number of carbonyl (C=O) groups excluding carboxylic acids is 1. The van der Waals surface area contributed by atoms with Crippen molar-refractivity contribution in [3.8, 4) is 17.2 Å². The van der Waals surface area contributed by atoms with Gasteiger partial charge in [0.2, 0.25) is 0 Å². The maximum Gasteiger partial charge on any atom is 0.324 e. The topological polar surface area (TPSA) is 107 Å². The zero-order valence-corrected chi connectivity index (χ0v) is 21.5. The van der Waals surface area contributed by atoms with Crippen molar-refractivity contribution in [1.29, 1.82) is 0 Å². The molecule has 0 aliphatic carbocycles. The fraction of sp³-hybridized carbons (Fsp3) is 0.160. The number of amides is 2. The summed E-state index contributed by atoms with van der Waals surface area (Å²) in [5.41, 5.74) is 6.03. The number of nitrogens with zero attached hydrogens (tertiary/aromatic N) is 3. The van der Waals surface area contributed by atoms with Gasteiger partial charge in [0, 0.05) is 17.5 Å². The normalized spacial score (nSPS) is 11.3. The first kappa shape index (κ1) is 26.2. The molecule has 8 nitrogen and oxygen atoms in total. The predicted molar refractivity (Wildman–Crippen MR) is 140 cm³/mol. The quantitative estimate of drug-likeness (QED) is 0.246. The molecule has 2 aromatic heterocycles. The van der Waals surface area contributed by atoms with Crippen LogP contribution in [0.4, 0.5) is 30.9 Å². The molecule has 4 aromatic rings. The molecule has 2 amide bonds. The van der Waals surface area contributed by atoms with Gasteiger partial charge in [0.15, 0.2) is 11.6 Å². The van der Waals surface area contributed by atoms with Crippen LogP contribution in [0, 0.1) is 11.6 Å². The average Bonchev–Trinajstić information content (AvgIpc) is 3.15. The average molecular weight is 547 g/mol. The molecule has 0 saturated heterocycles. The molecule has 0 aliphatic rings. The van der Waals surface area contributed by atoms with Crippen LogP contribution in [-0.4, -0.2) is 20.8 Å². The molecule has 0 spiro atoms. The largest absolute Gasteiger partial charge is 0.455 e. The predicted octanol–water partition coefficient (Wildman–Crippen LogP) is 7.17. The first-order valence-electron chi connectivity index (χ1n) is 10.9. The fourth-order valence-corrected chi connectivity index (χ4v) is 3.91. The highest BCUT2D eigenvalue weighted by molar-refractivity contribution is 6.34. The molecule has 4 N–H and O–H groups in total. The Balaban J connectivity index is 1.56. The van der Waals surface area contributed by atoms with Crippen LogP contribution in [0.1, 0.15) is 26.5 Å². The number of rotatable bonds is 5. The van der Waals surface area contributed by atoms with E-state index < -0.39 is 23.1 Å². The number of benzene rings is 2. The molecule has 0 bridgehead atoms. The number of anilines is 3. The molecule has 2 aromatic carbocycles. The molecule has 4 rings (SSSR count). The number of aromatic nitrogens is 3. The van der Waals surface area contributed by atoms with Crippen molar-refractivity contribution in [3.63, 3.8) is 0 Å². The van der Waals surface area contributed by atoms with Crippen LogP contribution >= 0.6 is 23.2 Å². The van der Waals surface area contributed by atoms with E-state index >= 15 is 0 Å². The van der Waals surface area contributed by atoms with E-state index in [-0.39, 0.29) is 38.9 Å². The second-order valence-corrected chi connectivity index (χ2v) is 9.80. The summed E-state index contributed by atoms with van der Waals surface area (Å²) < 4.78 is 35.2. The van der Waals surface area contributed by atoms with Gasteiger partial charge in [-0.25, -0.2) is 23.2 Å². The second-order valence-electron chi connectivity index (χ2n) is 9.01. The highest BCUT2D eigenvalue weighted by atomic mass is 35.5. The Morgan fingerprint density at radius 2 is 1.76 bits per heavy atom. The number of nitrogens with one attached hydrogen (secondary N) is 2. The number of nitrogens with two attached hydrogens (primary N) is 1. The van der Waals surface area contributed by atoms with Crippen molar-refractivity contribution in [2.45, 2.75) is 26.2 Å². The van der Waals surface area contributed by atoms with Crippen molar-refractivity contribution < 1.29 is 18.3 Å². The van der Waals surface area contributed by atoms with Crippen LogP contribution in [0.3, 0.4) is 0 Å². The Kier molecular flexibility index (Phi) is 7.24. The number of hydrogen-bond donors (Lipinski definition) is 3. The molecule has 0 atom stereocenters. The number of hydrogen-bond acceptors (Lipinski definition) is 5. The van der Waals surface area contributed by atoms with Gasteiger partial charge in [-0.15, -0.1) is 0 Å². The monoisotopic (exact) mass is 546 g/mol. The third-order valence-corrected chi connectivity index (χ3v) is 5.74. The van der Waals surface area contributed by atoms with E-state index in [1.54, 1.807) is 0 Å². The Bertz CT molecular complexity index is 1470. The molecule has 0 fully saturated rings. The summed E-state index contributed by atoms with van der Waals surface area (Å²) in [7, 11) is 0. The maximum absolute atomic E-state index is 14.8. The van der Waals surface area contributed by atoms with Gasteiger partial charge < -0.3 is 15.8 Å². The molecule has 0 saturated carbocycles. The Hall–Kier alpha value is -3.89. The van der Waals surface area contributed by atoms with E-state index in [4.69, 9.17) is 33.7 Å². The number of carbonyl (C=O) groups is 1. The van der Waals surface area contributed by atoms with Crippen molar-refractivity contribution >= 4 is 46.6 Å². The standard InChI is InChI=1S/C25H22Cl2F2N6O2/c1-25(2,3)22-21(27)23(35(34-22)14-6-4-13(28)5-7-14)33-24(36)32-18-9-8-15(10-17(18)29)37-19-11-20(30)31-12-16(19)26/h4-12H,1-3H3,(H2,30,31)(H2,32,33,36). The lowest BCUT2D eigenvalue weighted by molar-refractivity contribution is 0.262. The minimum Gasteiger partial charge on any atom is -0.455 e. The number of ether oxygens (including phenoxy) is 1. The molecule has 192 valence electrons. The van der Waals surface area contributed by atoms with E-state index in [1.165, 1.54) is 53.3 Å². The summed E-state index contributed by atoms with van der Waals surface area (Å²) in [6, 6.07) is 9.99. The van der Waals surface area contributed by atoms with E-state index in [1.807, 2.05) is 20.8 Å². The molecular formula is C25H22Cl2F2N6O2.